The molecule has 0 atom stereocenters. The number of nitrogens with one attached hydrogen (secondary N) is 1. The van der Waals surface area contributed by atoms with E-state index in [0.29, 0.717) is 33.5 Å². The number of amides is 1. The van der Waals surface area contributed by atoms with E-state index in [1.54, 1.807) is 6.07 Å². The topological polar surface area (TPSA) is 65.8 Å². The van der Waals surface area contributed by atoms with Crippen molar-refractivity contribution in [3.63, 3.8) is 0 Å². The number of pyridine rings is 1. The maximum atomic E-state index is 12.1. The van der Waals surface area contributed by atoms with Crippen molar-refractivity contribution >= 4 is 35.0 Å². The molecule has 0 spiro atoms. The van der Waals surface area contributed by atoms with Gasteiger partial charge in [0.05, 0.1) is 5.56 Å². The van der Waals surface area contributed by atoms with E-state index in [1.807, 2.05) is 31.2 Å². The van der Waals surface area contributed by atoms with E-state index >= 15 is 0 Å². The number of hydrogen-bond acceptors (Lipinski definition) is 4. The van der Waals surface area contributed by atoms with Crippen molar-refractivity contribution in [2.75, 3.05) is 11.1 Å². The zero-order chi connectivity index (χ0) is 18.9. The van der Waals surface area contributed by atoms with Crippen LogP contribution in [0.5, 0.6) is 0 Å². The van der Waals surface area contributed by atoms with Gasteiger partial charge in [0.15, 0.2) is 0 Å². The van der Waals surface area contributed by atoms with Crippen molar-refractivity contribution in [2.24, 2.45) is 0 Å². The minimum Gasteiger partial charge on any atom is -0.326 e. The number of thioether (sulfide) groups is 1. The van der Waals surface area contributed by atoms with Gasteiger partial charge < -0.3 is 5.32 Å². The van der Waals surface area contributed by atoms with Crippen LogP contribution in [-0.2, 0) is 11.2 Å². The third-order valence-electron chi connectivity index (χ3n) is 3.85. The van der Waals surface area contributed by atoms with Gasteiger partial charge in [0, 0.05) is 28.6 Å². The number of nitrogens with zero attached hydrogens (tertiary/aromatic N) is 2. The Labute approximate surface area is 164 Å². The van der Waals surface area contributed by atoms with Crippen molar-refractivity contribution in [1.29, 1.82) is 5.26 Å². The molecule has 1 N–H and O–H groups in total. The zero-order valence-electron chi connectivity index (χ0n) is 15.0. The largest absolute Gasteiger partial charge is 0.326 e. The number of aromatic nitrogens is 1. The van der Waals surface area contributed by atoms with Gasteiger partial charge in [0.25, 0.3) is 0 Å². The maximum absolute atomic E-state index is 12.1. The van der Waals surface area contributed by atoms with E-state index in [4.69, 9.17) is 11.6 Å². The molecule has 1 amide bonds. The van der Waals surface area contributed by atoms with Crippen LogP contribution in [0.15, 0.2) is 35.4 Å². The van der Waals surface area contributed by atoms with Gasteiger partial charge in [-0.15, -0.1) is 11.8 Å². The van der Waals surface area contributed by atoms with Crippen LogP contribution in [0.3, 0.4) is 0 Å². The van der Waals surface area contributed by atoms with Crippen molar-refractivity contribution in [3.8, 4) is 6.07 Å². The number of rotatable bonds is 8. The molecule has 0 aliphatic carbocycles. The summed E-state index contributed by atoms with van der Waals surface area (Å²) >= 11 is 7.51. The lowest BCUT2D eigenvalue weighted by atomic mass is 10.2. The first-order valence-electron chi connectivity index (χ1n) is 8.62. The molecule has 136 valence electrons. The van der Waals surface area contributed by atoms with E-state index in [-0.39, 0.29) is 5.91 Å². The van der Waals surface area contributed by atoms with E-state index in [2.05, 4.69) is 23.3 Å². The molecule has 4 nitrogen and oxygen atoms in total. The third kappa shape index (κ3) is 6.05. The van der Waals surface area contributed by atoms with Gasteiger partial charge in [-0.05, 0) is 49.6 Å². The summed E-state index contributed by atoms with van der Waals surface area (Å²) in [7, 11) is 0. The Kier molecular flexibility index (Phi) is 7.96. The van der Waals surface area contributed by atoms with Crippen LogP contribution < -0.4 is 5.32 Å². The SMILES string of the molecule is CCCCc1ccc(C#N)c(SCCC(=O)Nc2ccc(C)c(Cl)c2)n1. The fraction of sp³-hybridized carbons (Fsp3) is 0.350. The van der Waals surface area contributed by atoms with Gasteiger partial charge in [-0.25, -0.2) is 4.98 Å². The van der Waals surface area contributed by atoms with Crippen LogP contribution >= 0.6 is 23.4 Å². The predicted molar refractivity (Wildman–Crippen MR) is 108 cm³/mol. The van der Waals surface area contributed by atoms with Crippen LogP contribution in [0.25, 0.3) is 0 Å². The van der Waals surface area contributed by atoms with Gasteiger partial charge in [0.2, 0.25) is 5.91 Å². The van der Waals surface area contributed by atoms with Crippen LogP contribution in [-0.4, -0.2) is 16.6 Å². The molecule has 2 rings (SSSR count). The number of nitriles is 1. The zero-order valence-corrected chi connectivity index (χ0v) is 16.6. The molecule has 0 bridgehead atoms. The highest BCUT2D eigenvalue weighted by Crippen LogP contribution is 2.23. The molecular formula is C20H22ClN3OS. The summed E-state index contributed by atoms with van der Waals surface area (Å²) in [5.74, 6) is 0.475. The summed E-state index contributed by atoms with van der Waals surface area (Å²) in [4.78, 5) is 16.7. The molecule has 1 aromatic carbocycles. The van der Waals surface area contributed by atoms with E-state index in [0.717, 1.165) is 30.5 Å². The number of carbonyl (C=O) groups is 1. The molecule has 0 radical (unpaired) electrons. The molecule has 0 saturated carbocycles. The first-order chi connectivity index (χ1) is 12.5. The second-order valence-electron chi connectivity index (χ2n) is 5.98. The Morgan fingerprint density at radius 1 is 1.35 bits per heavy atom. The van der Waals surface area contributed by atoms with Crippen molar-refractivity contribution in [2.45, 2.75) is 44.6 Å². The number of unbranched alkanes of at least 4 members (excludes halogenated alkanes) is 1. The van der Waals surface area contributed by atoms with Crippen molar-refractivity contribution in [3.05, 3.63) is 52.2 Å². The standard InChI is InChI=1S/C20H22ClN3OS/c1-3-4-5-16-9-7-15(13-22)20(24-16)26-11-10-19(25)23-17-8-6-14(2)18(21)12-17/h6-9,12H,3-5,10-11H2,1-2H3,(H,23,25). The lowest BCUT2D eigenvalue weighted by Gasteiger charge is -2.08. The summed E-state index contributed by atoms with van der Waals surface area (Å²) in [6.45, 7) is 4.05. The summed E-state index contributed by atoms with van der Waals surface area (Å²) < 4.78 is 0. The fourth-order valence-electron chi connectivity index (χ4n) is 2.31. The highest BCUT2D eigenvalue weighted by molar-refractivity contribution is 7.99. The molecule has 2 aromatic rings. The second-order valence-corrected chi connectivity index (χ2v) is 7.47. The Hall–Kier alpha value is -2.03. The van der Waals surface area contributed by atoms with Crippen molar-refractivity contribution < 1.29 is 4.79 Å². The molecule has 1 heterocycles. The smallest absolute Gasteiger partial charge is 0.225 e. The highest BCUT2D eigenvalue weighted by atomic mass is 35.5. The second kappa shape index (κ2) is 10.2. The number of benzene rings is 1. The van der Waals surface area contributed by atoms with Gasteiger partial charge >= 0.3 is 0 Å². The molecule has 0 unspecified atom stereocenters. The Morgan fingerprint density at radius 3 is 2.85 bits per heavy atom. The number of anilines is 1. The molecular weight excluding hydrogens is 366 g/mol. The molecule has 26 heavy (non-hydrogen) atoms. The van der Waals surface area contributed by atoms with E-state index in [9.17, 15) is 10.1 Å². The van der Waals surface area contributed by atoms with E-state index < -0.39 is 0 Å². The minimum atomic E-state index is -0.0851. The Morgan fingerprint density at radius 2 is 2.15 bits per heavy atom. The third-order valence-corrected chi connectivity index (χ3v) is 5.25. The quantitative estimate of drug-likeness (QED) is 0.617. The van der Waals surface area contributed by atoms with Crippen LogP contribution in [0.2, 0.25) is 5.02 Å². The molecule has 0 aliphatic rings. The van der Waals surface area contributed by atoms with Crippen LogP contribution in [0.1, 0.15) is 43.0 Å². The lowest BCUT2D eigenvalue weighted by Crippen LogP contribution is -2.12. The summed E-state index contributed by atoms with van der Waals surface area (Å²) in [5.41, 5.74) is 3.21. The summed E-state index contributed by atoms with van der Waals surface area (Å²) in [5, 5.41) is 13.4. The molecule has 1 aromatic heterocycles. The monoisotopic (exact) mass is 387 g/mol. The number of carbonyl (C=O) groups excluding carboxylic acids is 1. The fourth-order valence-corrected chi connectivity index (χ4v) is 3.42. The normalized spacial score (nSPS) is 10.4. The maximum Gasteiger partial charge on any atom is 0.225 e. The van der Waals surface area contributed by atoms with Gasteiger partial charge in [-0.2, -0.15) is 5.26 Å². The Bertz CT molecular complexity index is 817. The number of halogens is 1. The van der Waals surface area contributed by atoms with Crippen LogP contribution in [0, 0.1) is 18.3 Å². The first-order valence-corrected chi connectivity index (χ1v) is 9.98. The van der Waals surface area contributed by atoms with Crippen LogP contribution in [0.4, 0.5) is 5.69 Å². The van der Waals surface area contributed by atoms with Gasteiger partial charge in [0.1, 0.15) is 11.1 Å². The van der Waals surface area contributed by atoms with Gasteiger partial charge in [-0.3, -0.25) is 4.79 Å². The first kappa shape index (κ1) is 20.3. The minimum absolute atomic E-state index is 0.0851. The molecule has 0 aliphatic heterocycles. The molecule has 0 fully saturated rings. The van der Waals surface area contributed by atoms with E-state index in [1.165, 1.54) is 11.8 Å². The summed E-state index contributed by atoms with van der Waals surface area (Å²) in [6, 6.07) is 11.3. The Balaban J connectivity index is 1.90. The number of aryl methyl sites for hydroxylation is 2. The van der Waals surface area contributed by atoms with Gasteiger partial charge in [-0.1, -0.05) is 31.0 Å². The molecule has 0 saturated heterocycles. The lowest BCUT2D eigenvalue weighted by molar-refractivity contribution is -0.115. The number of hydrogen-bond donors (Lipinski definition) is 1. The predicted octanol–water partition coefficient (Wildman–Crippen LogP) is 5.38. The molecule has 6 heteroatoms. The highest BCUT2D eigenvalue weighted by Gasteiger charge is 2.09. The summed E-state index contributed by atoms with van der Waals surface area (Å²) in [6.07, 6.45) is 3.42. The average molecular weight is 388 g/mol. The average Bonchev–Trinajstić information content (AvgIpc) is 2.63. The van der Waals surface area contributed by atoms with Crippen molar-refractivity contribution in [1.82, 2.24) is 4.98 Å².